The molecular formula is C26H26F3NO3. The maximum Gasteiger partial charge on any atom is 0.573 e. The molecule has 0 saturated carbocycles. The summed E-state index contributed by atoms with van der Waals surface area (Å²) < 4.78 is 48.5. The molecule has 0 bridgehead atoms. The van der Waals surface area contributed by atoms with Gasteiger partial charge < -0.3 is 14.6 Å². The summed E-state index contributed by atoms with van der Waals surface area (Å²) in [5.41, 5.74) is 2.99. The van der Waals surface area contributed by atoms with Crippen molar-refractivity contribution in [2.75, 3.05) is 19.7 Å². The quantitative estimate of drug-likeness (QED) is 0.514. The molecule has 0 aromatic heterocycles. The minimum Gasteiger partial charge on any atom is -0.406 e. The Bertz CT molecular complexity index is 1040. The molecule has 7 heteroatoms. The smallest absolute Gasteiger partial charge is 0.406 e. The minimum absolute atomic E-state index is 0.0102. The maximum absolute atomic E-state index is 12.8. The van der Waals surface area contributed by atoms with E-state index in [-0.39, 0.29) is 23.8 Å². The fourth-order valence-corrected chi connectivity index (χ4v) is 4.20. The second kappa shape index (κ2) is 10.4. The molecule has 2 unspecified atom stereocenters. The molecule has 0 spiro atoms. The number of halogens is 3. The molecule has 3 aromatic carbocycles. The Labute approximate surface area is 191 Å². The summed E-state index contributed by atoms with van der Waals surface area (Å²) in [6, 6.07) is 23.5. The van der Waals surface area contributed by atoms with Crippen LogP contribution in [0.15, 0.2) is 78.9 Å². The van der Waals surface area contributed by atoms with Crippen molar-refractivity contribution in [3.63, 3.8) is 0 Å². The maximum atomic E-state index is 12.8. The van der Waals surface area contributed by atoms with E-state index in [9.17, 15) is 18.3 Å². The van der Waals surface area contributed by atoms with Crippen LogP contribution in [0.3, 0.4) is 0 Å². The molecular weight excluding hydrogens is 431 g/mol. The zero-order chi connectivity index (χ0) is 23.3. The molecule has 1 heterocycles. The molecule has 174 valence electrons. The molecule has 33 heavy (non-hydrogen) atoms. The third-order valence-corrected chi connectivity index (χ3v) is 5.71. The monoisotopic (exact) mass is 457 g/mol. The number of hydrogen-bond donors (Lipinski definition) is 1. The van der Waals surface area contributed by atoms with Gasteiger partial charge in [0.2, 0.25) is 0 Å². The summed E-state index contributed by atoms with van der Waals surface area (Å²) in [6.45, 7) is 2.82. The van der Waals surface area contributed by atoms with Crippen LogP contribution in [0.4, 0.5) is 13.2 Å². The molecule has 1 aliphatic heterocycles. The first-order valence-electron chi connectivity index (χ1n) is 10.9. The number of hydrogen-bond acceptors (Lipinski definition) is 4. The fraction of sp³-hybridized carbons (Fsp3) is 0.308. The number of ether oxygens (including phenoxy) is 2. The molecule has 1 N–H and O–H groups in total. The topological polar surface area (TPSA) is 41.9 Å². The highest BCUT2D eigenvalue weighted by Crippen LogP contribution is 2.33. The van der Waals surface area contributed by atoms with Gasteiger partial charge in [0, 0.05) is 26.1 Å². The third-order valence-electron chi connectivity index (χ3n) is 5.71. The van der Waals surface area contributed by atoms with Crippen LogP contribution >= 0.6 is 0 Å². The van der Waals surface area contributed by atoms with E-state index in [1.54, 1.807) is 12.1 Å². The molecule has 2 atom stereocenters. The first-order valence-corrected chi connectivity index (χ1v) is 10.9. The summed E-state index contributed by atoms with van der Waals surface area (Å²) in [4.78, 5) is 2.30. The Balaban J connectivity index is 1.51. The van der Waals surface area contributed by atoms with Crippen LogP contribution in [-0.2, 0) is 17.7 Å². The predicted molar refractivity (Wildman–Crippen MR) is 119 cm³/mol. The Morgan fingerprint density at radius 1 is 0.970 bits per heavy atom. The molecule has 4 rings (SSSR count). The van der Waals surface area contributed by atoms with E-state index in [0.29, 0.717) is 18.7 Å². The number of morpholine rings is 1. The number of nitrogens with zero attached hydrogens (tertiary/aromatic N) is 1. The van der Waals surface area contributed by atoms with Crippen molar-refractivity contribution in [2.45, 2.75) is 31.5 Å². The number of benzene rings is 3. The van der Waals surface area contributed by atoms with Gasteiger partial charge in [0.15, 0.2) is 0 Å². The summed E-state index contributed by atoms with van der Waals surface area (Å²) in [5.74, 6) is -0.301. The highest BCUT2D eigenvalue weighted by molar-refractivity contribution is 5.37. The van der Waals surface area contributed by atoms with Gasteiger partial charge in [-0.25, -0.2) is 0 Å². The van der Waals surface area contributed by atoms with Gasteiger partial charge in [0.05, 0.1) is 18.8 Å². The number of aliphatic hydroxyl groups excluding tert-OH is 1. The van der Waals surface area contributed by atoms with E-state index < -0.39 is 12.5 Å². The lowest BCUT2D eigenvalue weighted by Crippen LogP contribution is -2.38. The Morgan fingerprint density at radius 2 is 1.67 bits per heavy atom. The lowest BCUT2D eigenvalue weighted by atomic mass is 9.93. The number of rotatable bonds is 7. The number of aliphatic hydroxyl groups is 1. The first-order chi connectivity index (χ1) is 15.9. The second-order valence-corrected chi connectivity index (χ2v) is 8.08. The zero-order valence-corrected chi connectivity index (χ0v) is 18.0. The van der Waals surface area contributed by atoms with E-state index in [0.717, 1.165) is 18.7 Å². The molecule has 3 aromatic rings. The molecule has 0 radical (unpaired) electrons. The first kappa shape index (κ1) is 23.3. The van der Waals surface area contributed by atoms with Crippen molar-refractivity contribution in [3.05, 3.63) is 101 Å². The van der Waals surface area contributed by atoms with Crippen LogP contribution in [0.1, 0.15) is 34.5 Å². The van der Waals surface area contributed by atoms with Crippen LogP contribution < -0.4 is 4.74 Å². The van der Waals surface area contributed by atoms with Crippen molar-refractivity contribution < 1.29 is 27.8 Å². The van der Waals surface area contributed by atoms with E-state index >= 15 is 0 Å². The normalized spacial score (nSPS) is 18.1. The average Bonchev–Trinajstić information content (AvgIpc) is 2.80. The van der Waals surface area contributed by atoms with Crippen LogP contribution in [0.5, 0.6) is 5.75 Å². The second-order valence-electron chi connectivity index (χ2n) is 8.08. The van der Waals surface area contributed by atoms with Crippen molar-refractivity contribution in [2.24, 2.45) is 0 Å². The van der Waals surface area contributed by atoms with Crippen LogP contribution in [0.25, 0.3) is 0 Å². The van der Waals surface area contributed by atoms with E-state index in [1.165, 1.54) is 23.8 Å². The third kappa shape index (κ3) is 6.35. The predicted octanol–water partition coefficient (Wildman–Crippen LogP) is 5.43. The van der Waals surface area contributed by atoms with Gasteiger partial charge in [-0.15, -0.1) is 13.2 Å². The SMILES string of the molecule is OC(Cc1ccccc1OC(F)(F)F)c1ccccc1C1CN(Cc2ccccc2)CCO1. The molecule has 1 saturated heterocycles. The zero-order valence-electron chi connectivity index (χ0n) is 18.0. The number of para-hydroxylation sites is 1. The van der Waals surface area contributed by atoms with Gasteiger partial charge in [0.1, 0.15) is 5.75 Å². The molecule has 4 nitrogen and oxygen atoms in total. The lowest BCUT2D eigenvalue weighted by Gasteiger charge is -2.34. The molecule has 1 fully saturated rings. The molecule has 0 amide bonds. The van der Waals surface area contributed by atoms with E-state index in [2.05, 4.69) is 21.8 Å². The van der Waals surface area contributed by atoms with Crippen molar-refractivity contribution >= 4 is 0 Å². The van der Waals surface area contributed by atoms with Gasteiger partial charge in [-0.1, -0.05) is 72.8 Å². The Kier molecular flexibility index (Phi) is 7.33. The van der Waals surface area contributed by atoms with Gasteiger partial charge >= 0.3 is 6.36 Å². The Morgan fingerprint density at radius 3 is 2.45 bits per heavy atom. The van der Waals surface area contributed by atoms with Gasteiger partial charge in [0.25, 0.3) is 0 Å². The van der Waals surface area contributed by atoms with Crippen LogP contribution in [-0.4, -0.2) is 36.1 Å². The van der Waals surface area contributed by atoms with Crippen molar-refractivity contribution in [3.8, 4) is 5.75 Å². The molecule has 1 aliphatic rings. The van der Waals surface area contributed by atoms with E-state index in [1.807, 2.05) is 36.4 Å². The van der Waals surface area contributed by atoms with Crippen LogP contribution in [0, 0.1) is 0 Å². The fourth-order valence-electron chi connectivity index (χ4n) is 4.20. The van der Waals surface area contributed by atoms with Crippen LogP contribution in [0.2, 0.25) is 0 Å². The van der Waals surface area contributed by atoms with Crippen molar-refractivity contribution in [1.82, 2.24) is 4.90 Å². The molecule has 0 aliphatic carbocycles. The van der Waals surface area contributed by atoms with Gasteiger partial charge in [-0.3, -0.25) is 4.90 Å². The van der Waals surface area contributed by atoms with Crippen molar-refractivity contribution in [1.29, 1.82) is 0 Å². The average molecular weight is 457 g/mol. The van der Waals surface area contributed by atoms with Gasteiger partial charge in [-0.2, -0.15) is 0 Å². The van der Waals surface area contributed by atoms with Gasteiger partial charge in [-0.05, 0) is 28.3 Å². The summed E-state index contributed by atoms with van der Waals surface area (Å²) in [7, 11) is 0. The summed E-state index contributed by atoms with van der Waals surface area (Å²) >= 11 is 0. The van der Waals surface area contributed by atoms with E-state index in [4.69, 9.17) is 4.74 Å². The summed E-state index contributed by atoms with van der Waals surface area (Å²) in [6.07, 6.45) is -6.05. The minimum atomic E-state index is -4.79. The lowest BCUT2D eigenvalue weighted by molar-refractivity contribution is -0.275. The standard InChI is InChI=1S/C26H26F3NO3/c27-26(28,29)33-24-13-7-4-10-20(24)16-23(31)21-11-5-6-12-22(21)25-18-30(14-15-32-25)17-19-8-2-1-3-9-19/h1-13,23,25,31H,14-18H2. The Hall–Kier alpha value is -2.87. The highest BCUT2D eigenvalue weighted by Gasteiger charge is 2.32. The number of alkyl halides is 3. The summed E-state index contributed by atoms with van der Waals surface area (Å²) in [5, 5.41) is 11.0. The highest BCUT2D eigenvalue weighted by atomic mass is 19.4. The largest absolute Gasteiger partial charge is 0.573 e.